The zero-order valence-electron chi connectivity index (χ0n) is 35.6. The highest BCUT2D eigenvalue weighted by Crippen LogP contribution is 2.13. The summed E-state index contributed by atoms with van der Waals surface area (Å²) in [7, 11) is 5.90. The average Bonchev–Trinajstić information content (AvgIpc) is 3.12. The van der Waals surface area contributed by atoms with E-state index in [-0.39, 0.29) is 38.6 Å². The molecule has 0 aliphatic heterocycles. The number of esters is 2. The first-order chi connectivity index (χ1) is 26.1. The zero-order chi connectivity index (χ0) is 40.0. The van der Waals surface area contributed by atoms with Gasteiger partial charge in [-0.25, -0.2) is 0 Å². The van der Waals surface area contributed by atoms with Crippen LogP contribution in [0.5, 0.6) is 0 Å². The van der Waals surface area contributed by atoms with Gasteiger partial charge in [0.2, 0.25) is 0 Å². The van der Waals surface area contributed by atoms with Crippen LogP contribution in [-0.2, 0) is 33.3 Å². The van der Waals surface area contributed by atoms with Crippen molar-refractivity contribution in [3.05, 3.63) is 24.3 Å². The van der Waals surface area contributed by atoms with E-state index in [4.69, 9.17) is 18.9 Å². The molecule has 0 rings (SSSR count). The van der Waals surface area contributed by atoms with E-state index in [9.17, 15) is 19.5 Å². The summed E-state index contributed by atoms with van der Waals surface area (Å²) in [5.74, 6) is -2.30. The van der Waals surface area contributed by atoms with Crippen LogP contribution >= 0.6 is 0 Å². The van der Waals surface area contributed by atoms with Crippen LogP contribution in [0.4, 0.5) is 0 Å². The molecule has 0 heterocycles. The summed E-state index contributed by atoms with van der Waals surface area (Å²) in [6.45, 7) is 4.70. The van der Waals surface area contributed by atoms with Crippen molar-refractivity contribution in [2.75, 3.05) is 47.5 Å². The molecular weight excluding hydrogens is 682 g/mol. The summed E-state index contributed by atoms with van der Waals surface area (Å²) in [6, 6.07) is 0. The molecule has 0 amide bonds. The molecule has 316 valence electrons. The first-order valence-electron chi connectivity index (χ1n) is 22.0. The van der Waals surface area contributed by atoms with E-state index in [2.05, 4.69) is 38.2 Å². The Bertz CT molecular complexity index is 944. The van der Waals surface area contributed by atoms with Gasteiger partial charge in [0, 0.05) is 12.8 Å². The number of ether oxygens (including phenoxy) is 4. The standard InChI is InChI=1S/C45H83NO8/c1-6-8-10-12-14-16-18-20-22-24-26-28-30-32-34-36-43(48)54-41(40-53-45(44(49)50)51-38-37-46(3,4)5)39-52-42(47)35-33-31-29-27-25-23-21-19-17-15-13-11-9-7-2/h19-22,41,45H,6-18,23-40H2,1-5H3/b21-19-,22-20-. The van der Waals surface area contributed by atoms with Gasteiger partial charge in [0.25, 0.3) is 0 Å². The van der Waals surface area contributed by atoms with Crippen LogP contribution in [0.3, 0.4) is 0 Å². The van der Waals surface area contributed by atoms with Crippen LogP contribution in [0.25, 0.3) is 0 Å². The van der Waals surface area contributed by atoms with Crippen LogP contribution in [0, 0.1) is 0 Å². The van der Waals surface area contributed by atoms with E-state index in [1.807, 2.05) is 21.1 Å². The monoisotopic (exact) mass is 766 g/mol. The molecular formula is C45H83NO8. The number of carbonyl (C=O) groups is 3. The molecule has 9 nitrogen and oxygen atoms in total. The van der Waals surface area contributed by atoms with Crippen molar-refractivity contribution in [1.82, 2.24) is 0 Å². The Balaban J connectivity index is 4.48. The Hall–Kier alpha value is -2.23. The van der Waals surface area contributed by atoms with Gasteiger partial charge in [-0.3, -0.25) is 9.59 Å². The lowest BCUT2D eigenvalue weighted by Crippen LogP contribution is -2.44. The number of allylic oxidation sites excluding steroid dienone is 4. The molecule has 0 fully saturated rings. The molecule has 0 bridgehead atoms. The van der Waals surface area contributed by atoms with E-state index in [1.165, 1.54) is 83.5 Å². The number of carboxylic acid groups (broad SMARTS) is 1. The first-order valence-corrected chi connectivity index (χ1v) is 22.0. The Morgan fingerprint density at radius 2 is 0.944 bits per heavy atom. The number of hydrogen-bond acceptors (Lipinski definition) is 8. The summed E-state index contributed by atoms with van der Waals surface area (Å²) in [5.41, 5.74) is 0. The fourth-order valence-electron chi connectivity index (χ4n) is 5.93. The molecule has 0 radical (unpaired) electrons. The first kappa shape index (κ1) is 51.8. The van der Waals surface area contributed by atoms with E-state index in [0.717, 1.165) is 70.6 Å². The third-order valence-corrected chi connectivity index (χ3v) is 9.42. The van der Waals surface area contributed by atoms with Crippen molar-refractivity contribution < 1.29 is 42.9 Å². The molecule has 2 unspecified atom stereocenters. The van der Waals surface area contributed by atoms with Crippen LogP contribution in [-0.4, -0.2) is 82.3 Å². The molecule has 0 aromatic carbocycles. The van der Waals surface area contributed by atoms with Crippen molar-refractivity contribution in [1.29, 1.82) is 0 Å². The molecule has 0 aliphatic rings. The Morgan fingerprint density at radius 3 is 1.37 bits per heavy atom. The maximum atomic E-state index is 12.7. The highest BCUT2D eigenvalue weighted by atomic mass is 16.7. The maximum absolute atomic E-state index is 12.7. The number of carbonyl (C=O) groups excluding carboxylic acids is 3. The van der Waals surface area contributed by atoms with Crippen molar-refractivity contribution in [3.63, 3.8) is 0 Å². The number of carboxylic acids is 1. The van der Waals surface area contributed by atoms with Gasteiger partial charge in [-0.2, -0.15) is 0 Å². The normalized spacial score (nSPS) is 13.1. The van der Waals surface area contributed by atoms with Gasteiger partial charge < -0.3 is 33.3 Å². The fourth-order valence-corrected chi connectivity index (χ4v) is 5.93. The summed E-state index contributed by atoms with van der Waals surface area (Å²) in [6.07, 6.45) is 36.3. The zero-order valence-corrected chi connectivity index (χ0v) is 35.6. The average molecular weight is 766 g/mol. The molecule has 2 atom stereocenters. The van der Waals surface area contributed by atoms with Crippen molar-refractivity contribution in [3.8, 4) is 0 Å². The third kappa shape index (κ3) is 38.1. The highest BCUT2D eigenvalue weighted by molar-refractivity contribution is 5.70. The number of nitrogens with zero attached hydrogens (tertiary/aromatic N) is 1. The minimum atomic E-state index is -1.62. The molecule has 0 saturated heterocycles. The van der Waals surface area contributed by atoms with Crippen LogP contribution in [0.2, 0.25) is 0 Å². The predicted octanol–water partition coefficient (Wildman–Crippen LogP) is 9.94. The predicted molar refractivity (Wildman–Crippen MR) is 219 cm³/mol. The summed E-state index contributed by atoms with van der Waals surface area (Å²) in [4.78, 5) is 36.9. The number of aliphatic carboxylic acids is 1. The molecule has 0 aromatic rings. The molecule has 0 saturated carbocycles. The van der Waals surface area contributed by atoms with E-state index >= 15 is 0 Å². The van der Waals surface area contributed by atoms with Crippen LogP contribution in [0.1, 0.15) is 187 Å². The van der Waals surface area contributed by atoms with Gasteiger partial charge in [-0.1, -0.05) is 134 Å². The lowest BCUT2D eigenvalue weighted by molar-refractivity contribution is -0.870. The minimum absolute atomic E-state index is 0.146. The van der Waals surface area contributed by atoms with Crippen molar-refractivity contribution >= 4 is 17.9 Å². The number of hydrogen-bond donors (Lipinski definition) is 0. The van der Waals surface area contributed by atoms with Gasteiger partial charge in [0.05, 0.1) is 40.3 Å². The molecule has 0 aliphatic carbocycles. The van der Waals surface area contributed by atoms with Crippen molar-refractivity contribution in [2.45, 2.75) is 200 Å². The Morgan fingerprint density at radius 1 is 0.537 bits per heavy atom. The second kappa shape index (κ2) is 37.7. The smallest absolute Gasteiger partial charge is 0.306 e. The van der Waals surface area contributed by atoms with Gasteiger partial charge in [-0.05, 0) is 64.2 Å². The van der Waals surface area contributed by atoms with Crippen molar-refractivity contribution in [2.24, 2.45) is 0 Å². The van der Waals surface area contributed by atoms with E-state index in [1.54, 1.807) is 0 Å². The number of quaternary nitrogens is 1. The lowest BCUT2D eigenvalue weighted by atomic mass is 10.1. The summed E-state index contributed by atoms with van der Waals surface area (Å²) < 4.78 is 22.5. The van der Waals surface area contributed by atoms with Gasteiger partial charge in [0.1, 0.15) is 13.2 Å². The quantitative estimate of drug-likeness (QED) is 0.0199. The SMILES string of the molecule is CCCCCCC/C=C\CCCCCCCC(=O)OCC(COC(OCC[N+](C)(C)C)C(=O)[O-])OC(=O)CCCCCCC/C=C\CCCCCCCC. The molecule has 0 N–H and O–H groups in total. The fraction of sp³-hybridized carbons (Fsp3) is 0.844. The molecule has 0 aromatic heterocycles. The summed E-state index contributed by atoms with van der Waals surface area (Å²) >= 11 is 0. The number of rotatable bonds is 40. The van der Waals surface area contributed by atoms with Gasteiger partial charge >= 0.3 is 11.9 Å². The van der Waals surface area contributed by atoms with Crippen LogP contribution in [0.15, 0.2) is 24.3 Å². The second-order valence-corrected chi connectivity index (χ2v) is 16.0. The lowest BCUT2D eigenvalue weighted by Gasteiger charge is -2.26. The van der Waals surface area contributed by atoms with Gasteiger partial charge in [0.15, 0.2) is 12.4 Å². The molecule has 0 spiro atoms. The van der Waals surface area contributed by atoms with E-state index in [0.29, 0.717) is 17.4 Å². The minimum Gasteiger partial charge on any atom is -0.545 e. The number of unbranched alkanes of at least 4 members (excludes halogenated alkanes) is 21. The number of likely N-dealkylation sites (N-methyl/N-ethyl adjacent to an activating group) is 1. The summed E-state index contributed by atoms with van der Waals surface area (Å²) in [5, 5.41) is 11.7. The van der Waals surface area contributed by atoms with Gasteiger partial charge in [-0.15, -0.1) is 0 Å². The molecule has 54 heavy (non-hydrogen) atoms. The molecule has 9 heteroatoms. The third-order valence-electron chi connectivity index (χ3n) is 9.42. The maximum Gasteiger partial charge on any atom is 0.306 e. The Labute approximate surface area is 331 Å². The second-order valence-electron chi connectivity index (χ2n) is 16.0. The van der Waals surface area contributed by atoms with E-state index < -0.39 is 24.3 Å². The van der Waals surface area contributed by atoms with Crippen LogP contribution < -0.4 is 5.11 Å². The topological polar surface area (TPSA) is 111 Å². The largest absolute Gasteiger partial charge is 0.545 e. The Kier molecular flexibility index (Phi) is 36.1. The highest BCUT2D eigenvalue weighted by Gasteiger charge is 2.21.